The molecule has 0 amide bonds. The highest BCUT2D eigenvalue weighted by Gasteiger charge is 2.21. The predicted molar refractivity (Wildman–Crippen MR) is 69.9 cm³/mol. The van der Waals surface area contributed by atoms with Crippen LogP contribution in [0.15, 0.2) is 35.9 Å². The number of hydrogen-bond acceptors (Lipinski definition) is 5. The van der Waals surface area contributed by atoms with Gasteiger partial charge in [-0.1, -0.05) is 0 Å². The van der Waals surface area contributed by atoms with Crippen LogP contribution in [0.3, 0.4) is 0 Å². The number of aromatic carboxylic acids is 1. The molecule has 8 nitrogen and oxygen atoms in total. The fourth-order valence-corrected chi connectivity index (χ4v) is 2.70. The Labute approximate surface area is 115 Å². The summed E-state index contributed by atoms with van der Waals surface area (Å²) in [6, 6.07) is 1.11. The van der Waals surface area contributed by atoms with E-state index in [1.807, 2.05) is 0 Å². The SMILES string of the molecule is CCn1cc(S(=O)(=O)Nc2cncnc2)cc1C(=O)O. The van der Waals surface area contributed by atoms with Crippen LogP contribution in [0.25, 0.3) is 0 Å². The molecule has 0 spiro atoms. The molecule has 2 aromatic heterocycles. The van der Waals surface area contributed by atoms with Crippen molar-refractivity contribution in [3.63, 3.8) is 0 Å². The maximum atomic E-state index is 12.1. The van der Waals surface area contributed by atoms with E-state index in [0.717, 1.165) is 6.07 Å². The lowest BCUT2D eigenvalue weighted by atomic mass is 10.4. The number of anilines is 1. The minimum absolute atomic E-state index is 0.0859. The lowest BCUT2D eigenvalue weighted by Crippen LogP contribution is -2.12. The summed E-state index contributed by atoms with van der Waals surface area (Å²) in [7, 11) is -3.87. The number of hydrogen-bond donors (Lipinski definition) is 2. The zero-order valence-electron chi connectivity index (χ0n) is 10.5. The van der Waals surface area contributed by atoms with Gasteiger partial charge in [0.05, 0.1) is 18.1 Å². The number of carboxylic acid groups (broad SMARTS) is 1. The third-order valence-electron chi connectivity index (χ3n) is 2.55. The Morgan fingerprint density at radius 1 is 1.40 bits per heavy atom. The summed E-state index contributed by atoms with van der Waals surface area (Å²) in [6.07, 6.45) is 5.16. The van der Waals surface area contributed by atoms with Crippen molar-refractivity contribution in [1.82, 2.24) is 14.5 Å². The number of nitrogens with one attached hydrogen (secondary N) is 1. The molecule has 2 aromatic rings. The van der Waals surface area contributed by atoms with Gasteiger partial charge in [0.1, 0.15) is 16.9 Å². The van der Waals surface area contributed by atoms with Crippen LogP contribution in [-0.4, -0.2) is 34.0 Å². The van der Waals surface area contributed by atoms with Crippen LogP contribution in [-0.2, 0) is 16.6 Å². The van der Waals surface area contributed by atoms with Gasteiger partial charge in [-0.3, -0.25) is 4.72 Å². The largest absolute Gasteiger partial charge is 0.477 e. The first-order chi connectivity index (χ1) is 9.44. The molecule has 0 aliphatic carbocycles. The zero-order valence-corrected chi connectivity index (χ0v) is 11.3. The summed E-state index contributed by atoms with van der Waals surface area (Å²) in [5.74, 6) is -1.18. The molecule has 2 rings (SSSR count). The Balaban J connectivity index is 2.37. The van der Waals surface area contributed by atoms with Gasteiger partial charge in [-0.2, -0.15) is 0 Å². The van der Waals surface area contributed by atoms with Crippen LogP contribution >= 0.6 is 0 Å². The van der Waals surface area contributed by atoms with E-state index in [9.17, 15) is 13.2 Å². The lowest BCUT2D eigenvalue weighted by Gasteiger charge is -2.04. The summed E-state index contributed by atoms with van der Waals surface area (Å²) in [5.41, 5.74) is 0.116. The maximum Gasteiger partial charge on any atom is 0.352 e. The molecule has 0 aliphatic rings. The molecule has 0 atom stereocenters. The van der Waals surface area contributed by atoms with Gasteiger partial charge in [0, 0.05) is 12.7 Å². The molecule has 0 saturated carbocycles. The summed E-state index contributed by atoms with van der Waals surface area (Å²) in [4.78, 5) is 18.3. The van der Waals surface area contributed by atoms with E-state index < -0.39 is 16.0 Å². The van der Waals surface area contributed by atoms with Crippen LogP contribution in [0.5, 0.6) is 0 Å². The van der Waals surface area contributed by atoms with E-state index in [1.165, 1.54) is 29.5 Å². The highest BCUT2D eigenvalue weighted by molar-refractivity contribution is 7.92. The summed E-state index contributed by atoms with van der Waals surface area (Å²) in [6.45, 7) is 2.08. The van der Waals surface area contributed by atoms with Crippen molar-refractivity contribution >= 4 is 21.7 Å². The average molecular weight is 296 g/mol. The monoisotopic (exact) mass is 296 g/mol. The number of aromatic nitrogens is 3. The van der Waals surface area contributed by atoms with Gasteiger partial charge in [-0.05, 0) is 13.0 Å². The molecule has 106 valence electrons. The predicted octanol–water partition coefficient (Wildman–Crippen LogP) is 0.797. The van der Waals surface area contributed by atoms with Crippen LogP contribution in [0.4, 0.5) is 5.69 Å². The normalized spacial score (nSPS) is 11.2. The van der Waals surface area contributed by atoms with Gasteiger partial charge in [0.2, 0.25) is 0 Å². The Morgan fingerprint density at radius 2 is 2.05 bits per heavy atom. The van der Waals surface area contributed by atoms with Crippen molar-refractivity contribution in [1.29, 1.82) is 0 Å². The molecule has 20 heavy (non-hydrogen) atoms. The fourth-order valence-electron chi connectivity index (χ4n) is 1.64. The number of carbonyl (C=O) groups is 1. The first-order valence-corrected chi connectivity index (χ1v) is 7.13. The van der Waals surface area contributed by atoms with Gasteiger partial charge in [0.25, 0.3) is 10.0 Å². The number of nitrogens with zero attached hydrogens (tertiary/aromatic N) is 3. The third kappa shape index (κ3) is 2.77. The smallest absolute Gasteiger partial charge is 0.352 e. The molecule has 0 aliphatic heterocycles. The van der Waals surface area contributed by atoms with Crippen molar-refractivity contribution in [2.75, 3.05) is 4.72 Å². The van der Waals surface area contributed by atoms with Crippen LogP contribution < -0.4 is 4.72 Å². The second-order valence-electron chi connectivity index (χ2n) is 3.88. The van der Waals surface area contributed by atoms with Gasteiger partial charge < -0.3 is 9.67 Å². The van der Waals surface area contributed by atoms with Crippen molar-refractivity contribution < 1.29 is 18.3 Å². The maximum absolute atomic E-state index is 12.1. The number of aryl methyl sites for hydroxylation is 1. The van der Waals surface area contributed by atoms with E-state index in [1.54, 1.807) is 6.92 Å². The Hall–Kier alpha value is -2.42. The molecule has 0 fully saturated rings. The van der Waals surface area contributed by atoms with Crippen LogP contribution in [0.2, 0.25) is 0 Å². The van der Waals surface area contributed by atoms with Crippen molar-refractivity contribution in [3.05, 3.63) is 36.7 Å². The van der Waals surface area contributed by atoms with E-state index in [2.05, 4.69) is 14.7 Å². The van der Waals surface area contributed by atoms with Crippen molar-refractivity contribution in [2.24, 2.45) is 0 Å². The molecule has 2 N–H and O–H groups in total. The molecule has 0 unspecified atom stereocenters. The van der Waals surface area contributed by atoms with Gasteiger partial charge in [-0.25, -0.2) is 23.2 Å². The Kier molecular flexibility index (Phi) is 3.70. The molecule has 0 saturated heterocycles. The number of sulfonamides is 1. The molecule has 9 heteroatoms. The minimum atomic E-state index is -3.87. The van der Waals surface area contributed by atoms with Gasteiger partial charge in [-0.15, -0.1) is 0 Å². The average Bonchev–Trinajstić information content (AvgIpc) is 2.84. The minimum Gasteiger partial charge on any atom is -0.477 e. The summed E-state index contributed by atoms with van der Waals surface area (Å²) < 4.78 is 27.9. The van der Waals surface area contributed by atoms with Crippen molar-refractivity contribution in [2.45, 2.75) is 18.4 Å². The second-order valence-corrected chi connectivity index (χ2v) is 5.57. The van der Waals surface area contributed by atoms with Gasteiger partial charge >= 0.3 is 5.97 Å². The van der Waals surface area contributed by atoms with Crippen LogP contribution in [0, 0.1) is 0 Å². The Bertz CT molecular complexity index is 724. The van der Waals surface area contributed by atoms with Gasteiger partial charge in [0.15, 0.2) is 0 Å². The molecule has 0 bridgehead atoms. The first-order valence-electron chi connectivity index (χ1n) is 5.65. The molecule has 0 aromatic carbocycles. The summed E-state index contributed by atoms with van der Waals surface area (Å²) >= 11 is 0. The third-order valence-corrected chi connectivity index (χ3v) is 3.90. The van der Waals surface area contributed by atoms with E-state index in [4.69, 9.17) is 5.11 Å². The quantitative estimate of drug-likeness (QED) is 0.843. The van der Waals surface area contributed by atoms with E-state index >= 15 is 0 Å². The molecular formula is C11H12N4O4S. The number of rotatable bonds is 5. The van der Waals surface area contributed by atoms with Crippen molar-refractivity contribution in [3.8, 4) is 0 Å². The Morgan fingerprint density at radius 3 is 2.55 bits per heavy atom. The zero-order chi connectivity index (χ0) is 14.8. The molecular weight excluding hydrogens is 284 g/mol. The number of carboxylic acids is 1. The van der Waals surface area contributed by atoms with Crippen LogP contribution in [0.1, 0.15) is 17.4 Å². The highest BCUT2D eigenvalue weighted by Crippen LogP contribution is 2.18. The lowest BCUT2D eigenvalue weighted by molar-refractivity contribution is 0.0685. The molecule has 2 heterocycles. The van der Waals surface area contributed by atoms with E-state index in [-0.39, 0.29) is 16.3 Å². The van der Waals surface area contributed by atoms with E-state index in [0.29, 0.717) is 6.54 Å². The first kappa shape index (κ1) is 14.0. The highest BCUT2D eigenvalue weighted by atomic mass is 32.2. The molecule has 0 radical (unpaired) electrons. The summed E-state index contributed by atoms with van der Waals surface area (Å²) in [5, 5.41) is 9.01. The standard InChI is InChI=1S/C11H12N4O4S/c1-2-15-6-9(3-10(15)11(16)17)20(18,19)14-8-4-12-7-13-5-8/h3-7,14H,2H2,1H3,(H,16,17). The second kappa shape index (κ2) is 5.29. The topological polar surface area (TPSA) is 114 Å². The fraction of sp³-hybridized carbons (Fsp3) is 0.182.